The van der Waals surface area contributed by atoms with Crippen molar-refractivity contribution in [1.29, 1.82) is 0 Å². The van der Waals surface area contributed by atoms with Gasteiger partial charge in [-0.05, 0) is 35.2 Å². The van der Waals surface area contributed by atoms with E-state index < -0.39 is 0 Å². The van der Waals surface area contributed by atoms with Gasteiger partial charge in [0, 0.05) is 15.6 Å². The topological polar surface area (TPSA) is 26.3 Å². The first-order valence-corrected chi connectivity index (χ1v) is 6.88. The molecule has 1 aliphatic heterocycles. The average molecular weight is 268 g/mol. The lowest BCUT2D eigenvalue weighted by Gasteiger charge is -1.90. The molecule has 3 heteroatoms. The van der Waals surface area contributed by atoms with Crippen LogP contribution in [0, 0.1) is 0 Å². The van der Waals surface area contributed by atoms with Gasteiger partial charge in [0.05, 0.1) is 0 Å². The third-order valence-corrected chi connectivity index (χ3v) is 3.84. The van der Waals surface area contributed by atoms with Crippen molar-refractivity contribution in [2.75, 3.05) is 0 Å². The maximum Gasteiger partial charge on any atom is 0.150 e. The van der Waals surface area contributed by atoms with Crippen molar-refractivity contribution in [2.45, 2.75) is 6.61 Å². The summed E-state index contributed by atoms with van der Waals surface area (Å²) < 4.78 is 6.36. The summed E-state index contributed by atoms with van der Waals surface area (Å²) in [6, 6.07) is 15.8. The molecule has 0 fully saturated rings. The van der Waals surface area contributed by atoms with Crippen LogP contribution in [0.4, 0.5) is 0 Å². The fourth-order valence-corrected chi connectivity index (χ4v) is 2.83. The van der Waals surface area contributed by atoms with Crippen molar-refractivity contribution in [1.82, 2.24) is 0 Å². The number of aldehydes is 1. The van der Waals surface area contributed by atoms with Crippen molar-refractivity contribution in [3.63, 3.8) is 0 Å². The summed E-state index contributed by atoms with van der Waals surface area (Å²) in [4.78, 5) is 10.5. The number of ether oxygens (including phenoxy) is 1. The quantitative estimate of drug-likeness (QED) is 0.615. The van der Waals surface area contributed by atoms with Gasteiger partial charge in [0.15, 0.2) is 6.29 Å². The molecule has 0 aliphatic carbocycles. The van der Waals surface area contributed by atoms with Gasteiger partial charge in [-0.3, -0.25) is 4.79 Å². The van der Waals surface area contributed by atoms with E-state index in [-0.39, 0.29) is 0 Å². The first kappa shape index (κ1) is 11.9. The molecule has 0 radical (unpaired) electrons. The predicted molar refractivity (Wildman–Crippen MR) is 78.0 cm³/mol. The SMILES string of the molecule is O=Cc1cccc2sccc12.c1cc2cc(c1)OC2. The summed E-state index contributed by atoms with van der Waals surface area (Å²) in [7, 11) is 0. The molecule has 2 heterocycles. The molecule has 2 aromatic carbocycles. The van der Waals surface area contributed by atoms with E-state index in [1.807, 2.05) is 41.8 Å². The molecule has 2 nitrogen and oxygen atoms in total. The lowest BCUT2D eigenvalue weighted by atomic mass is 10.1. The summed E-state index contributed by atoms with van der Waals surface area (Å²) in [6.07, 6.45) is 0.898. The van der Waals surface area contributed by atoms with Crippen molar-refractivity contribution in [2.24, 2.45) is 0 Å². The Balaban J connectivity index is 0.000000122. The summed E-state index contributed by atoms with van der Waals surface area (Å²) in [6.45, 7) is 0.766. The van der Waals surface area contributed by atoms with Crippen LogP contribution in [0.2, 0.25) is 0 Å². The third kappa shape index (κ3) is 2.51. The van der Waals surface area contributed by atoms with Crippen LogP contribution in [-0.4, -0.2) is 6.29 Å². The number of carbonyl (C=O) groups is 1. The van der Waals surface area contributed by atoms with E-state index in [0.29, 0.717) is 0 Å². The fraction of sp³-hybridized carbons (Fsp3) is 0.0625. The zero-order chi connectivity index (χ0) is 13.1. The van der Waals surface area contributed by atoms with Crippen LogP contribution in [-0.2, 0) is 6.61 Å². The van der Waals surface area contributed by atoms with Gasteiger partial charge in [-0.15, -0.1) is 11.3 Å². The van der Waals surface area contributed by atoms with E-state index in [4.69, 9.17) is 4.74 Å². The second-order valence-corrected chi connectivity index (χ2v) is 5.18. The zero-order valence-corrected chi connectivity index (χ0v) is 11.0. The van der Waals surface area contributed by atoms with Crippen molar-refractivity contribution in [3.8, 4) is 5.75 Å². The summed E-state index contributed by atoms with van der Waals surface area (Å²) in [5.74, 6) is 1.00. The van der Waals surface area contributed by atoms with Crippen LogP contribution >= 0.6 is 11.3 Å². The van der Waals surface area contributed by atoms with Crippen LogP contribution in [0.3, 0.4) is 0 Å². The lowest BCUT2D eigenvalue weighted by Crippen LogP contribution is -1.80. The van der Waals surface area contributed by atoms with E-state index >= 15 is 0 Å². The second-order valence-electron chi connectivity index (χ2n) is 4.23. The van der Waals surface area contributed by atoms with Gasteiger partial charge in [0.1, 0.15) is 12.4 Å². The van der Waals surface area contributed by atoms with Crippen molar-refractivity contribution in [3.05, 3.63) is 65.0 Å². The Morgan fingerprint density at radius 3 is 2.79 bits per heavy atom. The Morgan fingerprint density at radius 2 is 2.00 bits per heavy atom. The Hall–Kier alpha value is -2.13. The van der Waals surface area contributed by atoms with Gasteiger partial charge < -0.3 is 4.74 Å². The van der Waals surface area contributed by atoms with Crippen molar-refractivity contribution < 1.29 is 9.53 Å². The number of rotatable bonds is 1. The van der Waals surface area contributed by atoms with Gasteiger partial charge in [-0.2, -0.15) is 0 Å². The number of carbonyl (C=O) groups excluding carboxylic acids is 1. The van der Waals surface area contributed by atoms with Crippen LogP contribution in [0.1, 0.15) is 15.9 Å². The number of thiophene rings is 1. The fourth-order valence-electron chi connectivity index (χ4n) is 2.01. The molecule has 1 aromatic heterocycles. The number of benzene rings is 2. The van der Waals surface area contributed by atoms with E-state index in [1.54, 1.807) is 11.3 Å². The van der Waals surface area contributed by atoms with Gasteiger partial charge in [0.25, 0.3) is 0 Å². The zero-order valence-electron chi connectivity index (χ0n) is 10.2. The standard InChI is InChI=1S/C9H6OS.C7H6O/c10-6-7-2-1-3-9-8(7)4-5-11-9;1-2-6-4-7(3-1)8-5-6/h1-6H;1-4H,5H2. The summed E-state index contributed by atoms with van der Waals surface area (Å²) in [5, 5.41) is 3.06. The van der Waals surface area contributed by atoms with Crippen LogP contribution < -0.4 is 4.74 Å². The lowest BCUT2D eigenvalue weighted by molar-refractivity contribution is 0.112. The Labute approximate surface area is 115 Å². The number of hydrogen-bond acceptors (Lipinski definition) is 3. The third-order valence-electron chi connectivity index (χ3n) is 2.96. The van der Waals surface area contributed by atoms with E-state index in [2.05, 4.69) is 12.1 Å². The molecule has 3 aromatic rings. The molecule has 19 heavy (non-hydrogen) atoms. The Bertz CT molecular complexity index is 696. The van der Waals surface area contributed by atoms with E-state index in [0.717, 1.165) is 29.6 Å². The molecule has 0 saturated heterocycles. The maximum absolute atomic E-state index is 10.5. The minimum atomic E-state index is 0.766. The summed E-state index contributed by atoms with van der Waals surface area (Å²) >= 11 is 1.66. The maximum atomic E-state index is 10.5. The highest BCUT2D eigenvalue weighted by Gasteiger charge is 2.03. The van der Waals surface area contributed by atoms with Gasteiger partial charge >= 0.3 is 0 Å². The molecule has 1 aliphatic rings. The largest absolute Gasteiger partial charge is 0.489 e. The van der Waals surface area contributed by atoms with Gasteiger partial charge in [0.2, 0.25) is 0 Å². The molecule has 0 atom stereocenters. The minimum absolute atomic E-state index is 0.766. The minimum Gasteiger partial charge on any atom is -0.489 e. The number of fused-ring (bicyclic) bond motifs is 3. The Kier molecular flexibility index (Phi) is 3.29. The molecule has 0 amide bonds. The van der Waals surface area contributed by atoms with Gasteiger partial charge in [-0.1, -0.05) is 24.3 Å². The van der Waals surface area contributed by atoms with Crippen LogP contribution in [0.5, 0.6) is 5.75 Å². The highest BCUT2D eigenvalue weighted by molar-refractivity contribution is 7.17. The Morgan fingerprint density at radius 1 is 1.11 bits per heavy atom. The number of hydrogen-bond donors (Lipinski definition) is 0. The molecular formula is C16H12O2S. The smallest absolute Gasteiger partial charge is 0.150 e. The van der Waals surface area contributed by atoms with Crippen molar-refractivity contribution >= 4 is 27.7 Å². The molecule has 4 rings (SSSR count). The molecule has 0 unspecified atom stereocenters. The monoisotopic (exact) mass is 268 g/mol. The predicted octanol–water partition coefficient (Wildman–Crippen LogP) is 4.29. The normalized spacial score (nSPS) is 11.6. The molecule has 0 saturated carbocycles. The highest BCUT2D eigenvalue weighted by Crippen LogP contribution is 2.22. The van der Waals surface area contributed by atoms with E-state index in [1.165, 1.54) is 10.3 Å². The molecule has 0 N–H and O–H groups in total. The first-order chi connectivity index (χ1) is 9.36. The van der Waals surface area contributed by atoms with E-state index in [9.17, 15) is 4.79 Å². The second kappa shape index (κ2) is 5.24. The van der Waals surface area contributed by atoms with Crippen LogP contribution in [0.25, 0.3) is 10.1 Å². The molecule has 2 bridgehead atoms. The molecule has 94 valence electrons. The highest BCUT2D eigenvalue weighted by atomic mass is 32.1. The summed E-state index contributed by atoms with van der Waals surface area (Å²) in [5.41, 5.74) is 2.06. The molecular weight excluding hydrogens is 256 g/mol. The van der Waals surface area contributed by atoms with Crippen LogP contribution in [0.15, 0.2) is 53.9 Å². The first-order valence-electron chi connectivity index (χ1n) is 6.00. The van der Waals surface area contributed by atoms with Gasteiger partial charge in [-0.25, -0.2) is 0 Å². The molecule has 0 spiro atoms. The average Bonchev–Trinajstić information content (AvgIpc) is 3.06.